The second-order valence-corrected chi connectivity index (χ2v) is 6.09. The van der Waals surface area contributed by atoms with Gasteiger partial charge in [-0.25, -0.2) is 9.59 Å². The van der Waals surface area contributed by atoms with Crippen LogP contribution in [0.1, 0.15) is 11.5 Å². The molecule has 0 aromatic heterocycles. The van der Waals surface area contributed by atoms with Crippen LogP contribution in [0.5, 0.6) is 11.5 Å². The molecule has 1 aliphatic heterocycles. The van der Waals surface area contributed by atoms with E-state index in [1.165, 1.54) is 24.4 Å². The molecule has 0 spiro atoms. The number of carboxylic acid groups (broad SMARTS) is 2. The monoisotopic (exact) mass is 381 g/mol. The Labute approximate surface area is 161 Å². The Balaban J connectivity index is 2.08. The summed E-state index contributed by atoms with van der Waals surface area (Å²) in [5.41, 5.74) is 1.09. The summed E-state index contributed by atoms with van der Waals surface area (Å²) >= 11 is 0. The standard InChI is InChI=1S/C21H19NO6/c1-27-15-7-3-13(4-8-15)19-17(20(23)24)11-22(12-18(19)21(25)26)14-5-9-16(28-2)10-6-14/h3-12,19H,1-2H3,(H,23,24)(H,25,26). The number of rotatable bonds is 6. The summed E-state index contributed by atoms with van der Waals surface area (Å²) in [7, 11) is 3.06. The minimum absolute atomic E-state index is 0.0408. The van der Waals surface area contributed by atoms with E-state index in [1.54, 1.807) is 55.6 Å². The first-order valence-electron chi connectivity index (χ1n) is 8.41. The molecule has 0 saturated heterocycles. The lowest BCUT2D eigenvalue weighted by molar-refractivity contribution is -0.133. The highest BCUT2D eigenvalue weighted by atomic mass is 16.5. The summed E-state index contributed by atoms with van der Waals surface area (Å²) in [6, 6.07) is 13.5. The Morgan fingerprint density at radius 1 is 0.786 bits per heavy atom. The van der Waals surface area contributed by atoms with Gasteiger partial charge in [-0.05, 0) is 42.0 Å². The quantitative estimate of drug-likeness (QED) is 0.793. The van der Waals surface area contributed by atoms with Gasteiger partial charge in [0.05, 0.1) is 31.3 Å². The van der Waals surface area contributed by atoms with Gasteiger partial charge in [0.1, 0.15) is 11.5 Å². The van der Waals surface area contributed by atoms with Crippen molar-refractivity contribution >= 4 is 17.6 Å². The van der Waals surface area contributed by atoms with Crippen molar-refractivity contribution in [2.24, 2.45) is 0 Å². The number of ether oxygens (including phenoxy) is 2. The normalized spacial score (nSPS) is 14.1. The fourth-order valence-electron chi connectivity index (χ4n) is 3.07. The van der Waals surface area contributed by atoms with Crippen molar-refractivity contribution in [2.45, 2.75) is 5.92 Å². The first-order valence-corrected chi connectivity index (χ1v) is 8.41. The molecule has 0 amide bonds. The average Bonchev–Trinajstić information content (AvgIpc) is 2.72. The molecular formula is C21H19NO6. The largest absolute Gasteiger partial charge is 0.497 e. The summed E-state index contributed by atoms with van der Waals surface area (Å²) in [4.78, 5) is 25.4. The van der Waals surface area contributed by atoms with Gasteiger partial charge in [0.2, 0.25) is 0 Å². The fourth-order valence-corrected chi connectivity index (χ4v) is 3.07. The van der Waals surface area contributed by atoms with E-state index in [1.807, 2.05) is 0 Å². The van der Waals surface area contributed by atoms with E-state index >= 15 is 0 Å². The number of carbonyl (C=O) groups is 2. The Morgan fingerprint density at radius 2 is 1.21 bits per heavy atom. The molecule has 0 atom stereocenters. The summed E-state index contributed by atoms with van der Waals surface area (Å²) in [5, 5.41) is 19.5. The molecule has 0 bridgehead atoms. The van der Waals surface area contributed by atoms with E-state index in [2.05, 4.69) is 0 Å². The summed E-state index contributed by atoms with van der Waals surface area (Å²) in [6.07, 6.45) is 2.87. The molecule has 1 aliphatic rings. The van der Waals surface area contributed by atoms with Crippen molar-refractivity contribution in [2.75, 3.05) is 19.1 Å². The van der Waals surface area contributed by atoms with Gasteiger partial charge in [-0.15, -0.1) is 0 Å². The minimum atomic E-state index is -1.19. The summed E-state index contributed by atoms with van der Waals surface area (Å²) in [5.74, 6) is -2.05. The average molecular weight is 381 g/mol. The van der Waals surface area contributed by atoms with Crippen LogP contribution in [0.2, 0.25) is 0 Å². The van der Waals surface area contributed by atoms with Crippen LogP contribution in [0, 0.1) is 0 Å². The number of nitrogens with zero attached hydrogens (tertiary/aromatic N) is 1. The van der Waals surface area contributed by atoms with E-state index in [9.17, 15) is 19.8 Å². The summed E-state index contributed by atoms with van der Waals surface area (Å²) in [6.45, 7) is 0. The van der Waals surface area contributed by atoms with Crippen LogP contribution in [0.15, 0.2) is 72.1 Å². The molecule has 0 radical (unpaired) electrons. The lowest BCUT2D eigenvalue weighted by atomic mass is 9.83. The molecule has 0 unspecified atom stereocenters. The van der Waals surface area contributed by atoms with Crippen LogP contribution in [0.3, 0.4) is 0 Å². The van der Waals surface area contributed by atoms with Gasteiger partial charge in [-0.1, -0.05) is 12.1 Å². The molecule has 1 heterocycles. The third kappa shape index (κ3) is 3.68. The SMILES string of the molecule is COc1ccc(C2C(C(=O)O)=CN(c3ccc(OC)cc3)C=C2C(=O)O)cc1. The highest BCUT2D eigenvalue weighted by Gasteiger charge is 2.34. The molecule has 2 N–H and O–H groups in total. The van der Waals surface area contributed by atoms with Crippen molar-refractivity contribution < 1.29 is 29.3 Å². The third-order valence-corrected chi connectivity index (χ3v) is 4.49. The summed E-state index contributed by atoms with van der Waals surface area (Å²) < 4.78 is 10.2. The van der Waals surface area contributed by atoms with Gasteiger partial charge in [0, 0.05) is 18.1 Å². The van der Waals surface area contributed by atoms with Crippen LogP contribution in [-0.2, 0) is 9.59 Å². The number of aliphatic carboxylic acids is 2. The van der Waals surface area contributed by atoms with Crippen LogP contribution in [0.4, 0.5) is 5.69 Å². The molecule has 28 heavy (non-hydrogen) atoms. The molecule has 7 heteroatoms. The smallest absolute Gasteiger partial charge is 0.334 e. The third-order valence-electron chi connectivity index (χ3n) is 4.49. The zero-order valence-electron chi connectivity index (χ0n) is 15.3. The maximum atomic E-state index is 11.9. The molecule has 3 rings (SSSR count). The highest BCUT2D eigenvalue weighted by molar-refractivity contribution is 5.98. The van der Waals surface area contributed by atoms with Gasteiger partial charge in [0.15, 0.2) is 0 Å². The number of hydrogen-bond acceptors (Lipinski definition) is 5. The van der Waals surface area contributed by atoms with Gasteiger partial charge < -0.3 is 24.6 Å². The van der Waals surface area contributed by atoms with Crippen LogP contribution in [0.25, 0.3) is 0 Å². The lowest BCUT2D eigenvalue weighted by Crippen LogP contribution is -2.27. The van der Waals surface area contributed by atoms with Gasteiger partial charge in [-0.2, -0.15) is 0 Å². The molecule has 0 saturated carbocycles. The first-order chi connectivity index (χ1) is 13.4. The fraction of sp³-hybridized carbons (Fsp3) is 0.143. The number of hydrogen-bond donors (Lipinski definition) is 2. The van der Waals surface area contributed by atoms with E-state index in [-0.39, 0.29) is 11.1 Å². The molecule has 2 aromatic carbocycles. The van der Waals surface area contributed by atoms with Crippen molar-refractivity contribution in [3.63, 3.8) is 0 Å². The molecule has 144 valence electrons. The topological polar surface area (TPSA) is 96.3 Å². The zero-order valence-corrected chi connectivity index (χ0v) is 15.3. The van der Waals surface area contributed by atoms with E-state index in [0.717, 1.165) is 0 Å². The number of anilines is 1. The van der Waals surface area contributed by atoms with Crippen molar-refractivity contribution in [3.8, 4) is 11.5 Å². The van der Waals surface area contributed by atoms with Crippen LogP contribution < -0.4 is 14.4 Å². The Bertz CT molecular complexity index is 912. The second-order valence-electron chi connectivity index (χ2n) is 6.09. The maximum absolute atomic E-state index is 11.9. The molecule has 2 aromatic rings. The Hall–Kier alpha value is -3.74. The highest BCUT2D eigenvalue weighted by Crippen LogP contribution is 2.38. The lowest BCUT2D eigenvalue weighted by Gasteiger charge is -2.29. The van der Waals surface area contributed by atoms with Crippen LogP contribution >= 0.6 is 0 Å². The first kappa shape index (κ1) is 19.0. The van der Waals surface area contributed by atoms with E-state index in [4.69, 9.17) is 9.47 Å². The number of methoxy groups -OCH3 is 2. The number of carboxylic acids is 2. The maximum Gasteiger partial charge on any atom is 0.334 e. The van der Waals surface area contributed by atoms with Crippen molar-refractivity contribution in [3.05, 3.63) is 77.6 Å². The van der Waals surface area contributed by atoms with Crippen molar-refractivity contribution in [1.82, 2.24) is 0 Å². The minimum Gasteiger partial charge on any atom is -0.497 e. The van der Waals surface area contributed by atoms with E-state index < -0.39 is 17.9 Å². The molecular weight excluding hydrogens is 362 g/mol. The van der Waals surface area contributed by atoms with Gasteiger partial charge >= 0.3 is 11.9 Å². The molecule has 0 aliphatic carbocycles. The predicted octanol–water partition coefficient (Wildman–Crippen LogP) is 3.24. The van der Waals surface area contributed by atoms with E-state index in [0.29, 0.717) is 22.7 Å². The number of benzene rings is 2. The Kier molecular flexibility index (Phi) is 5.35. The predicted molar refractivity (Wildman–Crippen MR) is 103 cm³/mol. The van der Waals surface area contributed by atoms with Gasteiger partial charge in [0.25, 0.3) is 0 Å². The zero-order chi connectivity index (χ0) is 20.3. The van der Waals surface area contributed by atoms with Crippen molar-refractivity contribution in [1.29, 1.82) is 0 Å². The molecule has 0 fully saturated rings. The van der Waals surface area contributed by atoms with Crippen LogP contribution in [-0.4, -0.2) is 36.4 Å². The molecule has 7 nitrogen and oxygen atoms in total. The second kappa shape index (κ2) is 7.87. The van der Waals surface area contributed by atoms with Gasteiger partial charge in [-0.3, -0.25) is 0 Å². The Morgan fingerprint density at radius 3 is 1.61 bits per heavy atom.